The van der Waals surface area contributed by atoms with Crippen LogP contribution in [0.3, 0.4) is 0 Å². The standard InChI is InChI=1S/C12H16N2O2S/c1-12(2,3)14-17(15,16)11-8-9-6-4-5-7-10(9)13-11/h4-8,13-14H,1-3H3. The molecule has 0 atom stereocenters. The molecule has 1 aromatic carbocycles. The van der Waals surface area contributed by atoms with Gasteiger partial charge in [-0.15, -0.1) is 0 Å². The summed E-state index contributed by atoms with van der Waals surface area (Å²) in [4.78, 5) is 2.91. The molecule has 4 nitrogen and oxygen atoms in total. The third-order valence-electron chi connectivity index (χ3n) is 2.24. The van der Waals surface area contributed by atoms with Gasteiger partial charge in [-0.25, -0.2) is 13.1 Å². The number of aromatic nitrogens is 1. The first-order chi connectivity index (χ1) is 7.78. The summed E-state index contributed by atoms with van der Waals surface area (Å²) in [5, 5.41) is 1.09. The Morgan fingerprint density at radius 1 is 1.18 bits per heavy atom. The van der Waals surface area contributed by atoms with Gasteiger partial charge in [0.2, 0.25) is 0 Å². The Morgan fingerprint density at radius 3 is 2.41 bits per heavy atom. The molecule has 0 aliphatic heterocycles. The maximum atomic E-state index is 12.1. The molecule has 1 heterocycles. The van der Waals surface area contributed by atoms with Gasteiger partial charge in [-0.1, -0.05) is 18.2 Å². The fraction of sp³-hybridized carbons (Fsp3) is 0.333. The lowest BCUT2D eigenvalue weighted by atomic mass is 10.1. The van der Waals surface area contributed by atoms with E-state index >= 15 is 0 Å². The third-order valence-corrected chi connectivity index (χ3v) is 3.92. The number of sulfonamides is 1. The van der Waals surface area contributed by atoms with Crippen LogP contribution in [-0.4, -0.2) is 18.9 Å². The molecule has 0 unspecified atom stereocenters. The van der Waals surface area contributed by atoms with E-state index in [0.717, 1.165) is 10.9 Å². The maximum Gasteiger partial charge on any atom is 0.256 e. The largest absolute Gasteiger partial charge is 0.345 e. The molecule has 2 aromatic rings. The lowest BCUT2D eigenvalue weighted by Gasteiger charge is -2.19. The molecular formula is C12H16N2O2S. The van der Waals surface area contributed by atoms with Gasteiger partial charge in [-0.05, 0) is 32.9 Å². The topological polar surface area (TPSA) is 62.0 Å². The van der Waals surface area contributed by atoms with Crippen LogP contribution in [0.15, 0.2) is 35.4 Å². The molecule has 92 valence electrons. The normalized spacial score (nSPS) is 13.1. The predicted octanol–water partition coefficient (Wildman–Crippen LogP) is 2.24. The summed E-state index contributed by atoms with van der Waals surface area (Å²) in [6.07, 6.45) is 0. The van der Waals surface area contributed by atoms with Crippen LogP contribution in [0.25, 0.3) is 10.9 Å². The van der Waals surface area contributed by atoms with E-state index in [2.05, 4.69) is 9.71 Å². The van der Waals surface area contributed by atoms with E-state index in [1.807, 2.05) is 45.0 Å². The van der Waals surface area contributed by atoms with Crippen molar-refractivity contribution >= 4 is 20.9 Å². The smallest absolute Gasteiger partial charge is 0.256 e. The quantitative estimate of drug-likeness (QED) is 0.861. The Kier molecular flexibility index (Phi) is 2.75. The van der Waals surface area contributed by atoms with Gasteiger partial charge in [0.1, 0.15) is 5.03 Å². The van der Waals surface area contributed by atoms with Crippen molar-refractivity contribution in [3.63, 3.8) is 0 Å². The van der Waals surface area contributed by atoms with Crippen LogP contribution < -0.4 is 4.72 Å². The van der Waals surface area contributed by atoms with Gasteiger partial charge in [0, 0.05) is 16.4 Å². The number of benzene rings is 1. The summed E-state index contributed by atoms with van der Waals surface area (Å²) in [5.41, 5.74) is 0.331. The first-order valence-corrected chi connectivity index (χ1v) is 6.88. The van der Waals surface area contributed by atoms with Crippen LogP contribution in [-0.2, 0) is 10.0 Å². The second-order valence-corrected chi connectivity index (χ2v) is 6.73. The van der Waals surface area contributed by atoms with E-state index in [-0.39, 0.29) is 5.03 Å². The molecule has 0 aliphatic carbocycles. The first kappa shape index (κ1) is 12.1. The molecule has 1 aromatic heterocycles. The second-order valence-electron chi connectivity index (χ2n) is 5.08. The predicted molar refractivity (Wildman–Crippen MR) is 68.4 cm³/mol. The Bertz CT molecular complexity index is 603. The number of aromatic amines is 1. The number of rotatable bonds is 2. The monoisotopic (exact) mass is 252 g/mol. The number of fused-ring (bicyclic) bond motifs is 1. The van der Waals surface area contributed by atoms with E-state index in [4.69, 9.17) is 0 Å². The zero-order chi connectivity index (χ0) is 12.7. The molecule has 0 saturated carbocycles. The van der Waals surface area contributed by atoms with Crippen molar-refractivity contribution < 1.29 is 8.42 Å². The molecule has 0 fully saturated rings. The molecule has 0 aliphatic rings. The summed E-state index contributed by atoms with van der Waals surface area (Å²) in [7, 11) is -3.49. The highest BCUT2D eigenvalue weighted by Crippen LogP contribution is 2.19. The highest BCUT2D eigenvalue weighted by atomic mass is 32.2. The summed E-state index contributed by atoms with van der Waals surface area (Å²) >= 11 is 0. The van der Waals surface area contributed by atoms with Crippen LogP contribution >= 0.6 is 0 Å². The van der Waals surface area contributed by atoms with Gasteiger partial charge >= 0.3 is 0 Å². The van der Waals surface area contributed by atoms with Crippen LogP contribution in [0.4, 0.5) is 0 Å². The minimum atomic E-state index is -3.49. The van der Waals surface area contributed by atoms with Crippen LogP contribution in [0.2, 0.25) is 0 Å². The van der Waals surface area contributed by atoms with E-state index in [0.29, 0.717) is 0 Å². The highest BCUT2D eigenvalue weighted by Gasteiger charge is 2.23. The van der Waals surface area contributed by atoms with E-state index in [1.165, 1.54) is 0 Å². The molecule has 0 saturated heterocycles. The number of H-pyrrole nitrogens is 1. The molecule has 5 heteroatoms. The first-order valence-electron chi connectivity index (χ1n) is 5.40. The number of hydrogen-bond donors (Lipinski definition) is 2. The van der Waals surface area contributed by atoms with Gasteiger partial charge in [0.25, 0.3) is 10.0 Å². The Balaban J connectivity index is 2.46. The van der Waals surface area contributed by atoms with Crippen molar-refractivity contribution in [3.05, 3.63) is 30.3 Å². The van der Waals surface area contributed by atoms with Crippen molar-refractivity contribution in [2.75, 3.05) is 0 Å². The Morgan fingerprint density at radius 2 is 1.82 bits per heavy atom. The van der Waals surface area contributed by atoms with Crippen LogP contribution in [0.1, 0.15) is 20.8 Å². The molecule has 2 N–H and O–H groups in total. The SMILES string of the molecule is CC(C)(C)NS(=O)(=O)c1cc2ccccc2[nH]1. The molecular weight excluding hydrogens is 236 g/mol. The molecule has 0 radical (unpaired) electrons. The fourth-order valence-corrected chi connectivity index (χ4v) is 3.09. The third kappa shape index (κ3) is 2.68. The van der Waals surface area contributed by atoms with Crippen molar-refractivity contribution in [2.24, 2.45) is 0 Å². The zero-order valence-corrected chi connectivity index (χ0v) is 10.9. The summed E-state index contributed by atoms with van der Waals surface area (Å²) in [6.45, 7) is 5.44. The van der Waals surface area contributed by atoms with Crippen molar-refractivity contribution in [1.29, 1.82) is 0 Å². The molecule has 2 rings (SSSR count). The minimum absolute atomic E-state index is 0.202. The maximum absolute atomic E-state index is 12.1. The Labute approximate surface area is 101 Å². The second kappa shape index (κ2) is 3.85. The molecule has 0 amide bonds. The van der Waals surface area contributed by atoms with Crippen molar-refractivity contribution in [1.82, 2.24) is 9.71 Å². The summed E-state index contributed by atoms with van der Waals surface area (Å²) < 4.78 is 26.8. The zero-order valence-electron chi connectivity index (χ0n) is 10.1. The van der Waals surface area contributed by atoms with Gasteiger partial charge in [0.15, 0.2) is 0 Å². The molecule has 0 bridgehead atoms. The number of hydrogen-bond acceptors (Lipinski definition) is 2. The summed E-state index contributed by atoms with van der Waals surface area (Å²) in [6, 6.07) is 9.12. The van der Waals surface area contributed by atoms with Crippen molar-refractivity contribution in [3.8, 4) is 0 Å². The fourth-order valence-electron chi connectivity index (χ4n) is 1.65. The molecule has 17 heavy (non-hydrogen) atoms. The molecule has 0 spiro atoms. The number of para-hydroxylation sites is 1. The lowest BCUT2D eigenvalue weighted by molar-refractivity contribution is 0.490. The van der Waals surface area contributed by atoms with E-state index in [1.54, 1.807) is 6.07 Å². The minimum Gasteiger partial charge on any atom is -0.345 e. The van der Waals surface area contributed by atoms with Gasteiger partial charge in [-0.2, -0.15) is 0 Å². The number of nitrogens with one attached hydrogen (secondary N) is 2. The lowest BCUT2D eigenvalue weighted by Crippen LogP contribution is -2.40. The summed E-state index contributed by atoms with van der Waals surface area (Å²) in [5.74, 6) is 0. The van der Waals surface area contributed by atoms with Gasteiger partial charge in [-0.3, -0.25) is 0 Å². The van der Waals surface area contributed by atoms with E-state index in [9.17, 15) is 8.42 Å². The van der Waals surface area contributed by atoms with Gasteiger partial charge in [0.05, 0.1) is 0 Å². The Hall–Kier alpha value is -1.33. The highest BCUT2D eigenvalue weighted by molar-refractivity contribution is 7.89. The van der Waals surface area contributed by atoms with E-state index < -0.39 is 15.6 Å². The average molecular weight is 252 g/mol. The average Bonchev–Trinajstić information content (AvgIpc) is 2.57. The van der Waals surface area contributed by atoms with Crippen molar-refractivity contribution in [2.45, 2.75) is 31.3 Å². The van der Waals surface area contributed by atoms with Gasteiger partial charge < -0.3 is 4.98 Å². The van der Waals surface area contributed by atoms with Crippen LogP contribution in [0.5, 0.6) is 0 Å². The van der Waals surface area contributed by atoms with Crippen LogP contribution in [0, 0.1) is 0 Å².